The first-order valence-corrected chi connectivity index (χ1v) is 11.2. The van der Waals surface area contributed by atoms with Gasteiger partial charge in [-0.05, 0) is 29.0 Å². The third-order valence-corrected chi connectivity index (χ3v) is 7.41. The maximum absolute atomic E-state index is 14.2. The Hall–Kier alpha value is -2.95. The monoisotopic (exact) mass is 460 g/mol. The van der Waals surface area contributed by atoms with E-state index < -0.39 is 35.1 Å². The minimum atomic E-state index is -0.916. The van der Waals surface area contributed by atoms with Crippen molar-refractivity contribution in [3.05, 3.63) is 79.9 Å². The first kappa shape index (κ1) is 19.0. The molecule has 5 rings (SSSR count). The Bertz CT molecular complexity index is 1330. The number of amides is 1. The topological polar surface area (TPSA) is 70.5 Å². The molecule has 4 heterocycles. The van der Waals surface area contributed by atoms with Crippen molar-refractivity contribution in [1.82, 2.24) is 4.98 Å². The average molecular weight is 461 g/mol. The van der Waals surface area contributed by atoms with Crippen LogP contribution in [-0.4, -0.2) is 21.8 Å². The standard InChI is InChI=1S/C20H10F2N2O3S3/c21-9-7-10(22)15-13(8-9)30-20(23-15)24-16(11-3-1-5-28-11)14(18(26)19(24)27)17(25)12-4-2-6-29-12/h1-8,16,26H. The summed E-state index contributed by atoms with van der Waals surface area (Å²) >= 11 is 3.42. The highest BCUT2D eigenvalue weighted by Gasteiger charge is 2.46. The van der Waals surface area contributed by atoms with Crippen LogP contribution in [0.4, 0.5) is 13.9 Å². The Balaban J connectivity index is 1.68. The number of thiazole rings is 1. The Morgan fingerprint density at radius 2 is 1.90 bits per heavy atom. The van der Waals surface area contributed by atoms with Crippen LogP contribution in [0.15, 0.2) is 58.5 Å². The zero-order valence-corrected chi connectivity index (χ0v) is 17.3. The highest BCUT2D eigenvalue weighted by molar-refractivity contribution is 7.22. The maximum atomic E-state index is 14.2. The minimum absolute atomic E-state index is 0.0594. The molecule has 1 aliphatic rings. The summed E-state index contributed by atoms with van der Waals surface area (Å²) in [5, 5.41) is 14.2. The summed E-state index contributed by atoms with van der Waals surface area (Å²) in [4.78, 5) is 32.5. The summed E-state index contributed by atoms with van der Waals surface area (Å²) in [7, 11) is 0. The number of carbonyl (C=O) groups excluding carboxylic acids is 2. The van der Waals surface area contributed by atoms with E-state index in [1.165, 1.54) is 27.6 Å². The number of nitrogens with zero attached hydrogens (tertiary/aromatic N) is 2. The molecule has 1 amide bonds. The van der Waals surface area contributed by atoms with Crippen molar-refractivity contribution >= 4 is 61.0 Å². The fourth-order valence-corrected chi connectivity index (χ4v) is 5.87. The average Bonchev–Trinajstić information content (AvgIpc) is 3.49. The van der Waals surface area contributed by atoms with Gasteiger partial charge in [0, 0.05) is 10.9 Å². The number of anilines is 1. The van der Waals surface area contributed by atoms with E-state index in [4.69, 9.17) is 0 Å². The van der Waals surface area contributed by atoms with Crippen LogP contribution in [0.3, 0.4) is 0 Å². The van der Waals surface area contributed by atoms with Crippen LogP contribution in [0.1, 0.15) is 20.6 Å². The van der Waals surface area contributed by atoms with Gasteiger partial charge in [0.05, 0.1) is 15.2 Å². The molecule has 1 aliphatic heterocycles. The van der Waals surface area contributed by atoms with E-state index in [2.05, 4.69) is 4.98 Å². The second-order valence-electron chi connectivity index (χ2n) is 6.39. The molecule has 0 radical (unpaired) electrons. The van der Waals surface area contributed by atoms with E-state index in [9.17, 15) is 23.5 Å². The van der Waals surface area contributed by atoms with Crippen LogP contribution in [0, 0.1) is 11.6 Å². The molecule has 3 aromatic heterocycles. The SMILES string of the molecule is O=C(C1=C(O)C(=O)N(c2nc3c(F)cc(F)cc3s2)C1c1cccs1)c1cccs1. The summed E-state index contributed by atoms with van der Waals surface area (Å²) in [5.41, 5.74) is -0.137. The Morgan fingerprint density at radius 3 is 2.60 bits per heavy atom. The Labute approximate surface area is 180 Å². The van der Waals surface area contributed by atoms with Crippen molar-refractivity contribution in [1.29, 1.82) is 0 Å². The van der Waals surface area contributed by atoms with E-state index >= 15 is 0 Å². The molecule has 0 saturated carbocycles. The molecule has 4 aromatic rings. The largest absolute Gasteiger partial charge is 0.503 e. The number of fused-ring (bicyclic) bond motifs is 1. The van der Waals surface area contributed by atoms with Crippen LogP contribution in [0.5, 0.6) is 0 Å². The Morgan fingerprint density at radius 1 is 1.13 bits per heavy atom. The lowest BCUT2D eigenvalue weighted by atomic mass is 10.0. The van der Waals surface area contributed by atoms with Crippen LogP contribution < -0.4 is 4.90 Å². The second-order valence-corrected chi connectivity index (χ2v) is 9.33. The number of rotatable bonds is 4. The van der Waals surface area contributed by atoms with Crippen LogP contribution >= 0.6 is 34.0 Å². The Kier molecular flexibility index (Phi) is 4.49. The first-order chi connectivity index (χ1) is 14.5. The van der Waals surface area contributed by atoms with Crippen molar-refractivity contribution in [2.45, 2.75) is 6.04 Å². The molecule has 1 atom stereocenters. The molecule has 0 fully saturated rings. The normalized spacial score (nSPS) is 16.8. The number of benzene rings is 1. The zero-order chi connectivity index (χ0) is 21.0. The van der Waals surface area contributed by atoms with Gasteiger partial charge in [0.25, 0.3) is 5.91 Å². The van der Waals surface area contributed by atoms with Gasteiger partial charge in [-0.1, -0.05) is 23.5 Å². The minimum Gasteiger partial charge on any atom is -0.503 e. The number of halogens is 2. The van der Waals surface area contributed by atoms with E-state index in [0.29, 0.717) is 9.75 Å². The molecule has 0 spiro atoms. The summed E-state index contributed by atoms with van der Waals surface area (Å²) < 4.78 is 28.0. The van der Waals surface area contributed by atoms with Crippen molar-refractivity contribution in [2.24, 2.45) is 0 Å². The maximum Gasteiger partial charge on any atom is 0.296 e. The number of Topliss-reactive ketones (excluding diaryl/α,β-unsaturated/α-hetero) is 1. The van der Waals surface area contributed by atoms with Gasteiger partial charge in [-0.3, -0.25) is 14.5 Å². The molecule has 0 aliphatic carbocycles. The summed E-state index contributed by atoms with van der Waals surface area (Å²) in [6.45, 7) is 0. The van der Waals surface area contributed by atoms with Gasteiger partial charge in [-0.15, -0.1) is 22.7 Å². The van der Waals surface area contributed by atoms with E-state index in [-0.39, 0.29) is 20.9 Å². The van der Waals surface area contributed by atoms with Crippen molar-refractivity contribution in [2.75, 3.05) is 4.90 Å². The third-order valence-electron chi connectivity index (χ3n) is 4.62. The first-order valence-electron chi connectivity index (χ1n) is 8.59. The molecular formula is C20H10F2N2O3S3. The number of hydrogen-bond donors (Lipinski definition) is 1. The highest BCUT2D eigenvalue weighted by atomic mass is 32.1. The molecule has 150 valence electrons. The number of aliphatic hydroxyl groups is 1. The van der Waals surface area contributed by atoms with Gasteiger partial charge in [-0.25, -0.2) is 13.8 Å². The third kappa shape index (κ3) is 2.87. The van der Waals surface area contributed by atoms with E-state index in [0.717, 1.165) is 23.5 Å². The molecule has 1 unspecified atom stereocenters. The lowest BCUT2D eigenvalue weighted by molar-refractivity contribution is -0.117. The lowest BCUT2D eigenvalue weighted by Gasteiger charge is -2.22. The molecule has 10 heteroatoms. The number of carbonyl (C=O) groups is 2. The quantitative estimate of drug-likeness (QED) is 0.410. The van der Waals surface area contributed by atoms with Gasteiger partial charge in [-0.2, -0.15) is 0 Å². The summed E-state index contributed by atoms with van der Waals surface area (Å²) in [6, 6.07) is 7.75. The zero-order valence-electron chi connectivity index (χ0n) is 14.8. The number of thiophene rings is 2. The van der Waals surface area contributed by atoms with Crippen LogP contribution in [0.2, 0.25) is 0 Å². The van der Waals surface area contributed by atoms with Crippen molar-refractivity contribution < 1.29 is 23.5 Å². The van der Waals surface area contributed by atoms with Gasteiger partial charge in [0.15, 0.2) is 16.7 Å². The van der Waals surface area contributed by atoms with Crippen molar-refractivity contribution in [3.8, 4) is 0 Å². The second kappa shape index (κ2) is 7.08. The van der Waals surface area contributed by atoms with Gasteiger partial charge < -0.3 is 5.11 Å². The number of ketones is 1. The molecule has 1 aromatic carbocycles. The number of aliphatic hydroxyl groups excluding tert-OH is 1. The summed E-state index contributed by atoms with van der Waals surface area (Å²) in [5.74, 6) is -3.55. The fourth-order valence-electron chi connectivity index (χ4n) is 3.34. The molecule has 30 heavy (non-hydrogen) atoms. The number of hydrogen-bond acceptors (Lipinski definition) is 7. The predicted octanol–water partition coefficient (Wildman–Crippen LogP) is 5.48. The number of aromatic nitrogens is 1. The van der Waals surface area contributed by atoms with Gasteiger partial charge >= 0.3 is 0 Å². The van der Waals surface area contributed by atoms with Crippen molar-refractivity contribution in [3.63, 3.8) is 0 Å². The van der Waals surface area contributed by atoms with Gasteiger partial charge in [0.2, 0.25) is 5.78 Å². The van der Waals surface area contributed by atoms with Crippen LogP contribution in [-0.2, 0) is 4.79 Å². The molecule has 0 saturated heterocycles. The summed E-state index contributed by atoms with van der Waals surface area (Å²) in [6.07, 6.45) is 0. The molecule has 0 bridgehead atoms. The molecular weight excluding hydrogens is 450 g/mol. The molecule has 5 nitrogen and oxygen atoms in total. The fraction of sp³-hybridized carbons (Fsp3) is 0.0500. The smallest absolute Gasteiger partial charge is 0.296 e. The van der Waals surface area contributed by atoms with E-state index in [1.54, 1.807) is 35.0 Å². The van der Waals surface area contributed by atoms with E-state index in [1.807, 2.05) is 0 Å². The predicted molar refractivity (Wildman–Crippen MR) is 112 cm³/mol. The van der Waals surface area contributed by atoms with Crippen LogP contribution in [0.25, 0.3) is 10.2 Å². The van der Waals surface area contributed by atoms with Gasteiger partial charge in [0.1, 0.15) is 17.4 Å². The highest BCUT2D eigenvalue weighted by Crippen LogP contribution is 2.45. The lowest BCUT2D eigenvalue weighted by Crippen LogP contribution is -2.30. The molecule has 1 N–H and O–H groups in total.